The second kappa shape index (κ2) is 3.65. The van der Waals surface area contributed by atoms with Crippen molar-refractivity contribution in [3.05, 3.63) is 23.8 Å². The molecular weight excluding hydrogens is 237 g/mol. The van der Waals surface area contributed by atoms with Crippen LogP contribution in [0.25, 0.3) is 0 Å². The van der Waals surface area contributed by atoms with E-state index in [2.05, 4.69) is 15.7 Å². The third-order valence-corrected chi connectivity index (χ3v) is 1.60. The van der Waals surface area contributed by atoms with Gasteiger partial charge in [0.2, 0.25) is 0 Å². The Morgan fingerprint density at radius 3 is 2.19 bits per heavy atom. The van der Waals surface area contributed by atoms with Crippen molar-refractivity contribution in [3.63, 3.8) is 0 Å². The highest BCUT2D eigenvalue weighted by molar-refractivity contribution is 5.90. The van der Waals surface area contributed by atoms with Crippen molar-refractivity contribution in [2.75, 3.05) is 0 Å². The van der Waals surface area contributed by atoms with Crippen LogP contribution >= 0.6 is 0 Å². The molecule has 0 spiro atoms. The zero-order chi connectivity index (χ0) is 12.6. The molecule has 0 atom stereocenters. The molecule has 0 radical (unpaired) electrons. The Balaban J connectivity index is 3.24. The van der Waals surface area contributed by atoms with Gasteiger partial charge in [-0.1, -0.05) is 0 Å². The predicted molar refractivity (Wildman–Crippen MR) is 40.5 cm³/mol. The van der Waals surface area contributed by atoms with E-state index in [4.69, 9.17) is 0 Å². The Kier molecular flexibility index (Phi) is 2.80. The van der Waals surface area contributed by atoms with Gasteiger partial charge in [-0.25, -0.2) is 9.97 Å². The summed E-state index contributed by atoms with van der Waals surface area (Å²) in [6, 6.07) is 0.204. The van der Waals surface area contributed by atoms with E-state index in [-0.39, 0.29) is 6.07 Å². The Morgan fingerprint density at radius 2 is 1.75 bits per heavy atom. The highest BCUT2D eigenvalue weighted by Gasteiger charge is 2.60. The lowest BCUT2D eigenvalue weighted by atomic mass is 10.2. The summed E-state index contributed by atoms with van der Waals surface area (Å²) < 4.78 is 61.3. The van der Waals surface area contributed by atoms with Crippen LogP contribution in [0.3, 0.4) is 0 Å². The largest absolute Gasteiger partial charge is 0.459 e. The van der Waals surface area contributed by atoms with Crippen LogP contribution in [0, 0.1) is 0 Å². The standard InChI is InChI=1S/C7H4F5N3O/c8-6(9,7(10,11)12)4-1-3(5(13)16)14-2-15-4/h1-2H,(H2,13,16). The maximum absolute atomic E-state index is 12.7. The van der Waals surface area contributed by atoms with Gasteiger partial charge in [0.15, 0.2) is 0 Å². The first kappa shape index (κ1) is 12.3. The van der Waals surface area contributed by atoms with Crippen molar-refractivity contribution < 1.29 is 26.7 Å². The number of hydrogen-bond acceptors (Lipinski definition) is 3. The predicted octanol–water partition coefficient (Wildman–Crippen LogP) is 1.23. The molecule has 1 aromatic rings. The Hall–Kier alpha value is -1.80. The Labute approximate surface area is 85.3 Å². The second-order valence-electron chi connectivity index (χ2n) is 2.72. The van der Waals surface area contributed by atoms with E-state index in [9.17, 15) is 26.7 Å². The lowest BCUT2D eigenvalue weighted by molar-refractivity contribution is -0.291. The smallest absolute Gasteiger partial charge is 0.364 e. The third kappa shape index (κ3) is 2.07. The molecule has 0 aliphatic heterocycles. The van der Waals surface area contributed by atoms with Crippen molar-refractivity contribution in [1.82, 2.24) is 9.97 Å². The molecule has 1 heterocycles. The minimum Gasteiger partial charge on any atom is -0.364 e. The van der Waals surface area contributed by atoms with Crippen LogP contribution in [0.2, 0.25) is 0 Å². The van der Waals surface area contributed by atoms with Gasteiger partial charge in [0.05, 0.1) is 0 Å². The molecule has 0 aliphatic carbocycles. The highest BCUT2D eigenvalue weighted by Crippen LogP contribution is 2.42. The minimum absolute atomic E-state index is 0.204. The highest BCUT2D eigenvalue weighted by atomic mass is 19.4. The second-order valence-corrected chi connectivity index (χ2v) is 2.72. The molecule has 2 N–H and O–H groups in total. The van der Waals surface area contributed by atoms with Crippen LogP contribution in [0.5, 0.6) is 0 Å². The number of amides is 1. The first-order chi connectivity index (χ1) is 7.16. The normalized spacial score (nSPS) is 12.6. The number of hydrogen-bond donors (Lipinski definition) is 1. The molecule has 9 heteroatoms. The number of alkyl halides is 5. The van der Waals surface area contributed by atoms with Gasteiger partial charge in [-0.3, -0.25) is 4.79 Å². The van der Waals surface area contributed by atoms with Gasteiger partial charge in [-0.05, 0) is 6.07 Å². The molecule has 1 aromatic heterocycles. The van der Waals surface area contributed by atoms with Crippen LogP contribution in [-0.2, 0) is 5.92 Å². The van der Waals surface area contributed by atoms with Crippen LogP contribution in [0.1, 0.15) is 16.2 Å². The van der Waals surface area contributed by atoms with Crippen molar-refractivity contribution >= 4 is 5.91 Å². The van der Waals surface area contributed by atoms with E-state index in [0.717, 1.165) is 0 Å². The fourth-order valence-electron chi connectivity index (χ4n) is 0.809. The fourth-order valence-corrected chi connectivity index (χ4v) is 0.809. The molecule has 16 heavy (non-hydrogen) atoms. The van der Waals surface area contributed by atoms with E-state index >= 15 is 0 Å². The Morgan fingerprint density at radius 1 is 1.19 bits per heavy atom. The number of halogens is 5. The topological polar surface area (TPSA) is 68.9 Å². The minimum atomic E-state index is -5.80. The van der Waals surface area contributed by atoms with Crippen molar-refractivity contribution in [2.24, 2.45) is 5.73 Å². The van der Waals surface area contributed by atoms with Gasteiger partial charge in [0.1, 0.15) is 17.7 Å². The number of rotatable bonds is 2. The number of carbonyl (C=O) groups is 1. The number of carbonyl (C=O) groups excluding carboxylic acids is 1. The third-order valence-electron chi connectivity index (χ3n) is 1.60. The van der Waals surface area contributed by atoms with Gasteiger partial charge in [-0.2, -0.15) is 22.0 Å². The maximum atomic E-state index is 12.7. The molecule has 88 valence electrons. The molecule has 0 saturated carbocycles. The summed E-state index contributed by atoms with van der Waals surface area (Å²) >= 11 is 0. The van der Waals surface area contributed by atoms with Crippen LogP contribution in [-0.4, -0.2) is 22.1 Å². The van der Waals surface area contributed by atoms with Crippen molar-refractivity contribution in [2.45, 2.75) is 12.1 Å². The van der Waals surface area contributed by atoms with Crippen LogP contribution in [0.4, 0.5) is 22.0 Å². The van der Waals surface area contributed by atoms with E-state index in [1.807, 2.05) is 0 Å². The quantitative estimate of drug-likeness (QED) is 0.791. The average Bonchev–Trinajstić information content (AvgIpc) is 2.16. The van der Waals surface area contributed by atoms with Gasteiger partial charge in [-0.15, -0.1) is 0 Å². The average molecular weight is 241 g/mol. The molecule has 0 aromatic carbocycles. The first-order valence-corrected chi connectivity index (χ1v) is 3.73. The Bertz CT molecular complexity index is 417. The summed E-state index contributed by atoms with van der Waals surface area (Å²) in [5, 5.41) is 0. The van der Waals surface area contributed by atoms with Gasteiger partial charge in [0, 0.05) is 0 Å². The monoisotopic (exact) mass is 241 g/mol. The molecular formula is C7H4F5N3O. The summed E-state index contributed by atoms with van der Waals surface area (Å²) in [6.45, 7) is 0. The van der Waals surface area contributed by atoms with Crippen molar-refractivity contribution in [3.8, 4) is 0 Å². The van der Waals surface area contributed by atoms with Gasteiger partial charge >= 0.3 is 12.1 Å². The molecule has 0 fully saturated rings. The number of nitrogens with two attached hydrogens (primary N) is 1. The molecule has 0 aliphatic rings. The summed E-state index contributed by atoms with van der Waals surface area (Å²) in [6.07, 6.45) is -5.38. The molecule has 0 saturated heterocycles. The lowest BCUT2D eigenvalue weighted by Crippen LogP contribution is -2.35. The van der Waals surface area contributed by atoms with Crippen LogP contribution < -0.4 is 5.73 Å². The number of primary amides is 1. The van der Waals surface area contributed by atoms with E-state index in [0.29, 0.717) is 6.33 Å². The first-order valence-electron chi connectivity index (χ1n) is 3.73. The molecule has 0 bridgehead atoms. The molecule has 4 nitrogen and oxygen atoms in total. The summed E-state index contributed by atoms with van der Waals surface area (Å²) in [5.41, 5.74) is 2.34. The zero-order valence-corrected chi connectivity index (χ0v) is 7.42. The van der Waals surface area contributed by atoms with Crippen molar-refractivity contribution in [1.29, 1.82) is 0 Å². The van der Waals surface area contributed by atoms with E-state index in [1.165, 1.54) is 0 Å². The van der Waals surface area contributed by atoms with Crippen LogP contribution in [0.15, 0.2) is 12.4 Å². The lowest BCUT2D eigenvalue weighted by Gasteiger charge is -2.18. The van der Waals surface area contributed by atoms with Gasteiger partial charge < -0.3 is 5.73 Å². The zero-order valence-electron chi connectivity index (χ0n) is 7.42. The van der Waals surface area contributed by atoms with Gasteiger partial charge in [0.25, 0.3) is 5.91 Å². The maximum Gasteiger partial charge on any atom is 0.459 e. The summed E-state index contributed by atoms with van der Waals surface area (Å²) in [4.78, 5) is 16.5. The summed E-state index contributed by atoms with van der Waals surface area (Å²) in [7, 11) is 0. The summed E-state index contributed by atoms with van der Waals surface area (Å²) in [5.74, 6) is -6.37. The molecule has 1 rings (SSSR count). The molecule has 0 unspecified atom stereocenters. The number of aromatic nitrogens is 2. The molecule has 1 amide bonds. The van der Waals surface area contributed by atoms with E-state index in [1.54, 1.807) is 0 Å². The van der Waals surface area contributed by atoms with E-state index < -0.39 is 29.4 Å². The number of nitrogens with zero attached hydrogens (tertiary/aromatic N) is 2. The SMILES string of the molecule is NC(=O)c1cc(C(F)(F)C(F)(F)F)ncn1. The fraction of sp³-hybridized carbons (Fsp3) is 0.286.